The number of benzene rings is 2. The summed E-state index contributed by atoms with van der Waals surface area (Å²) in [6, 6.07) is 13.5. The van der Waals surface area contributed by atoms with Crippen molar-refractivity contribution in [3.8, 4) is 0 Å². The number of hydrogen-bond acceptors (Lipinski definition) is 8. The third kappa shape index (κ3) is 9.37. The van der Waals surface area contributed by atoms with Gasteiger partial charge in [-0.3, -0.25) is 9.69 Å². The maximum Gasteiger partial charge on any atom is 0.328 e. The van der Waals surface area contributed by atoms with Crippen LogP contribution in [-0.2, 0) is 20.9 Å². The smallest absolute Gasteiger partial charge is 0.328 e. The van der Waals surface area contributed by atoms with Crippen LogP contribution < -0.4 is 16.4 Å². The zero-order valence-electron chi connectivity index (χ0n) is 21.7. The highest BCUT2D eigenvalue weighted by atomic mass is 32.1. The number of carbonyl (C=O) groups is 2. The lowest BCUT2D eigenvalue weighted by Gasteiger charge is -2.32. The number of methoxy groups -OCH3 is 1. The van der Waals surface area contributed by atoms with Gasteiger partial charge >= 0.3 is 5.97 Å². The third-order valence-corrected chi connectivity index (χ3v) is 7.01. The molecule has 0 radical (unpaired) electrons. The van der Waals surface area contributed by atoms with E-state index in [0.29, 0.717) is 31.3 Å². The molecule has 0 heterocycles. The van der Waals surface area contributed by atoms with E-state index in [0.717, 1.165) is 22.8 Å². The van der Waals surface area contributed by atoms with E-state index in [1.807, 2.05) is 18.2 Å². The number of esters is 1. The van der Waals surface area contributed by atoms with Crippen LogP contribution in [-0.4, -0.2) is 79.1 Å². The van der Waals surface area contributed by atoms with Crippen molar-refractivity contribution in [1.29, 1.82) is 0 Å². The van der Waals surface area contributed by atoms with Gasteiger partial charge in [-0.1, -0.05) is 62.7 Å². The van der Waals surface area contributed by atoms with Gasteiger partial charge in [0.1, 0.15) is 6.04 Å². The molecule has 0 saturated carbocycles. The predicted octanol–water partition coefficient (Wildman–Crippen LogP) is 1.94. The van der Waals surface area contributed by atoms with Crippen molar-refractivity contribution in [2.24, 2.45) is 11.7 Å². The molecule has 200 valence electrons. The van der Waals surface area contributed by atoms with Gasteiger partial charge in [-0.25, -0.2) is 4.79 Å². The molecule has 0 bridgehead atoms. The van der Waals surface area contributed by atoms with Gasteiger partial charge in [0.25, 0.3) is 0 Å². The number of aliphatic hydroxyl groups excluding tert-OH is 1. The summed E-state index contributed by atoms with van der Waals surface area (Å²) in [4.78, 5) is 27.2. The SMILES string of the molecule is CC[C@H](C)[C@@H](CN(CC(=O)N[C@@H](CCO)C(=O)OC)Cc1cccc2ccccc12)NC[C@@H](N)CS. The first-order valence-electron chi connectivity index (χ1n) is 12.6. The summed E-state index contributed by atoms with van der Waals surface area (Å²) < 4.78 is 4.78. The van der Waals surface area contributed by atoms with Crippen LogP contribution in [0.4, 0.5) is 0 Å². The van der Waals surface area contributed by atoms with Gasteiger partial charge in [-0.05, 0) is 22.3 Å². The summed E-state index contributed by atoms with van der Waals surface area (Å²) in [7, 11) is 1.27. The van der Waals surface area contributed by atoms with E-state index in [-0.39, 0.29) is 37.6 Å². The molecule has 1 amide bonds. The number of amides is 1. The summed E-state index contributed by atoms with van der Waals surface area (Å²) >= 11 is 4.30. The van der Waals surface area contributed by atoms with Gasteiger partial charge in [0.2, 0.25) is 5.91 Å². The quantitative estimate of drug-likeness (QED) is 0.170. The van der Waals surface area contributed by atoms with Gasteiger partial charge in [0.15, 0.2) is 0 Å². The van der Waals surface area contributed by atoms with Crippen LogP contribution in [0.3, 0.4) is 0 Å². The minimum atomic E-state index is -0.885. The Morgan fingerprint density at radius 3 is 2.58 bits per heavy atom. The van der Waals surface area contributed by atoms with Crippen LogP contribution in [0.25, 0.3) is 10.8 Å². The Morgan fingerprint density at radius 2 is 1.92 bits per heavy atom. The van der Waals surface area contributed by atoms with E-state index >= 15 is 0 Å². The number of fused-ring (bicyclic) bond motifs is 1. The first kappa shape index (κ1) is 30.1. The number of nitrogens with zero attached hydrogens (tertiary/aromatic N) is 1. The van der Waals surface area contributed by atoms with E-state index in [1.54, 1.807) is 0 Å². The molecule has 0 aliphatic heterocycles. The molecule has 5 N–H and O–H groups in total. The molecule has 0 fully saturated rings. The summed E-state index contributed by atoms with van der Waals surface area (Å²) in [6.45, 7) is 6.01. The molecule has 4 atom stereocenters. The Morgan fingerprint density at radius 1 is 1.19 bits per heavy atom. The molecule has 9 heteroatoms. The molecule has 2 aromatic rings. The first-order chi connectivity index (χ1) is 17.3. The molecule has 2 aromatic carbocycles. The Hall–Kier alpha value is -2.17. The fourth-order valence-corrected chi connectivity index (χ4v) is 4.32. The van der Waals surface area contributed by atoms with Crippen molar-refractivity contribution in [1.82, 2.24) is 15.5 Å². The number of ether oxygens (including phenoxy) is 1. The van der Waals surface area contributed by atoms with Crippen LogP contribution in [0.1, 0.15) is 32.3 Å². The summed E-state index contributed by atoms with van der Waals surface area (Å²) in [5.41, 5.74) is 7.23. The molecule has 36 heavy (non-hydrogen) atoms. The second kappa shape index (κ2) is 15.8. The molecule has 2 rings (SSSR count). The normalized spacial score (nSPS) is 14.9. The summed E-state index contributed by atoms with van der Waals surface area (Å²) in [6.07, 6.45) is 1.07. The van der Waals surface area contributed by atoms with Gasteiger partial charge in [0.05, 0.1) is 13.7 Å². The molecule has 0 aliphatic rings. The number of nitrogens with two attached hydrogens (primary N) is 1. The molecular weight excluding hydrogens is 476 g/mol. The lowest BCUT2D eigenvalue weighted by molar-refractivity contribution is -0.145. The molecule has 0 unspecified atom stereocenters. The third-order valence-electron chi connectivity index (χ3n) is 6.54. The average molecular weight is 519 g/mol. The fourth-order valence-electron chi connectivity index (χ4n) is 4.20. The van der Waals surface area contributed by atoms with E-state index in [9.17, 15) is 14.7 Å². The lowest BCUT2D eigenvalue weighted by Crippen LogP contribution is -2.51. The van der Waals surface area contributed by atoms with Crippen molar-refractivity contribution in [2.75, 3.05) is 39.1 Å². The minimum Gasteiger partial charge on any atom is -0.467 e. The summed E-state index contributed by atoms with van der Waals surface area (Å²) in [5.74, 6) is 0.0709. The molecule has 8 nitrogen and oxygen atoms in total. The van der Waals surface area contributed by atoms with Crippen molar-refractivity contribution in [3.63, 3.8) is 0 Å². The van der Waals surface area contributed by atoms with Crippen LogP contribution in [0, 0.1) is 5.92 Å². The van der Waals surface area contributed by atoms with E-state index in [2.05, 4.69) is 66.3 Å². The molecule has 0 saturated heterocycles. The maximum atomic E-state index is 13.1. The van der Waals surface area contributed by atoms with Gasteiger partial charge in [0, 0.05) is 50.5 Å². The highest BCUT2D eigenvalue weighted by molar-refractivity contribution is 7.80. The first-order valence-corrected chi connectivity index (χ1v) is 13.2. The Balaban J connectivity index is 2.28. The van der Waals surface area contributed by atoms with Crippen molar-refractivity contribution < 1.29 is 19.4 Å². The second-order valence-corrected chi connectivity index (χ2v) is 9.67. The fraction of sp³-hybridized carbons (Fsp3) is 0.556. The molecule has 0 aliphatic carbocycles. The number of aliphatic hydroxyl groups is 1. The minimum absolute atomic E-state index is 0.0611. The number of nitrogens with one attached hydrogen (secondary N) is 2. The second-order valence-electron chi connectivity index (χ2n) is 9.31. The monoisotopic (exact) mass is 518 g/mol. The largest absolute Gasteiger partial charge is 0.467 e. The van der Waals surface area contributed by atoms with E-state index in [4.69, 9.17) is 10.5 Å². The van der Waals surface area contributed by atoms with Crippen molar-refractivity contribution >= 4 is 35.3 Å². The Labute approximate surface area is 220 Å². The zero-order valence-corrected chi connectivity index (χ0v) is 22.5. The lowest BCUT2D eigenvalue weighted by atomic mass is 9.97. The number of carbonyl (C=O) groups excluding carboxylic acids is 2. The molecule has 0 spiro atoms. The van der Waals surface area contributed by atoms with E-state index in [1.165, 1.54) is 7.11 Å². The van der Waals surface area contributed by atoms with Gasteiger partial charge < -0.3 is 26.2 Å². The molecular formula is C27H42N4O4S. The predicted molar refractivity (Wildman–Crippen MR) is 148 cm³/mol. The Bertz CT molecular complexity index is 955. The average Bonchev–Trinajstić information content (AvgIpc) is 2.89. The molecule has 0 aromatic heterocycles. The van der Waals surface area contributed by atoms with Crippen molar-refractivity contribution in [3.05, 3.63) is 48.0 Å². The van der Waals surface area contributed by atoms with Crippen LogP contribution in [0.15, 0.2) is 42.5 Å². The number of thiol groups is 1. The van der Waals surface area contributed by atoms with Crippen molar-refractivity contribution in [2.45, 2.75) is 51.4 Å². The Kier molecular flexibility index (Phi) is 13.2. The maximum absolute atomic E-state index is 13.1. The number of hydrogen-bond donors (Lipinski definition) is 5. The zero-order chi connectivity index (χ0) is 26.5. The highest BCUT2D eigenvalue weighted by Gasteiger charge is 2.25. The highest BCUT2D eigenvalue weighted by Crippen LogP contribution is 2.21. The number of rotatable bonds is 16. The van der Waals surface area contributed by atoms with E-state index < -0.39 is 12.0 Å². The topological polar surface area (TPSA) is 117 Å². The van der Waals surface area contributed by atoms with Gasteiger partial charge in [-0.15, -0.1) is 0 Å². The van der Waals surface area contributed by atoms with Crippen LogP contribution in [0.5, 0.6) is 0 Å². The van der Waals surface area contributed by atoms with Gasteiger partial charge in [-0.2, -0.15) is 12.6 Å². The summed E-state index contributed by atoms with van der Waals surface area (Å²) in [5, 5.41) is 17.9. The standard InChI is InChI=1S/C27H42N4O4S/c1-4-19(2)25(29-14-22(28)18-36)16-31(17-26(33)30-24(12-13-32)27(34)35-3)15-21-10-7-9-20-8-5-6-11-23(20)21/h5-11,19,22,24-25,29,32,36H,4,12-18,28H2,1-3H3,(H,30,33)/t19-,22+,24-,25+/m0/s1. The van der Waals surface area contributed by atoms with Crippen LogP contribution >= 0.6 is 12.6 Å². The van der Waals surface area contributed by atoms with Crippen LogP contribution in [0.2, 0.25) is 0 Å².